The van der Waals surface area contributed by atoms with Crippen LogP contribution in [0.25, 0.3) is 11.0 Å². The van der Waals surface area contributed by atoms with E-state index in [2.05, 4.69) is 10.2 Å². The summed E-state index contributed by atoms with van der Waals surface area (Å²) in [6, 6.07) is 1.97. The van der Waals surface area contributed by atoms with E-state index in [4.69, 9.17) is 5.73 Å². The molecule has 0 amide bonds. The lowest BCUT2D eigenvalue weighted by Crippen LogP contribution is -1.90. The first kappa shape index (κ1) is 7.09. The van der Waals surface area contributed by atoms with Crippen molar-refractivity contribution in [1.29, 1.82) is 0 Å². The fraction of sp³-hybridized carbons (Fsp3) is 0.250. The predicted molar refractivity (Wildman–Crippen MR) is 47.7 cm³/mol. The zero-order chi connectivity index (χ0) is 8.72. The van der Waals surface area contributed by atoms with Gasteiger partial charge in [0, 0.05) is 13.2 Å². The molecule has 0 aliphatic rings. The zero-order valence-corrected chi connectivity index (χ0v) is 7.07. The minimum absolute atomic E-state index is 0.681. The molecule has 2 aromatic heterocycles. The third kappa shape index (κ3) is 0.845. The number of aromatic nitrogens is 3. The predicted octanol–water partition coefficient (Wildman–Crippen LogP) is 0.859. The summed E-state index contributed by atoms with van der Waals surface area (Å²) in [6.07, 6.45) is 1.85. The lowest BCUT2D eigenvalue weighted by molar-refractivity contribution is 0.954. The first-order chi connectivity index (χ1) is 5.68. The van der Waals surface area contributed by atoms with E-state index in [0.717, 1.165) is 16.7 Å². The van der Waals surface area contributed by atoms with Crippen LogP contribution in [0.4, 0.5) is 5.69 Å². The van der Waals surface area contributed by atoms with Crippen molar-refractivity contribution in [2.45, 2.75) is 6.92 Å². The quantitative estimate of drug-likeness (QED) is 0.625. The molecule has 0 atom stereocenters. The van der Waals surface area contributed by atoms with Crippen molar-refractivity contribution in [2.24, 2.45) is 7.05 Å². The second-order valence-corrected chi connectivity index (χ2v) is 2.91. The number of hydrogen-bond acceptors (Lipinski definition) is 3. The van der Waals surface area contributed by atoms with E-state index in [1.165, 1.54) is 0 Å². The van der Waals surface area contributed by atoms with E-state index in [1.807, 2.05) is 30.8 Å². The lowest BCUT2D eigenvalue weighted by atomic mass is 10.3. The van der Waals surface area contributed by atoms with Crippen LogP contribution in [0.5, 0.6) is 0 Å². The number of nitrogen functional groups attached to an aromatic ring is 1. The van der Waals surface area contributed by atoms with Crippen LogP contribution in [-0.4, -0.2) is 14.8 Å². The molecule has 0 aliphatic heterocycles. The van der Waals surface area contributed by atoms with Gasteiger partial charge in [0.1, 0.15) is 5.52 Å². The monoisotopic (exact) mass is 162 g/mol. The third-order valence-corrected chi connectivity index (χ3v) is 1.88. The van der Waals surface area contributed by atoms with Crippen LogP contribution in [0.2, 0.25) is 0 Å². The van der Waals surface area contributed by atoms with Crippen molar-refractivity contribution >= 4 is 16.7 Å². The number of fused-ring (bicyclic) bond motifs is 1. The number of hydrogen-bond donors (Lipinski definition) is 1. The van der Waals surface area contributed by atoms with Gasteiger partial charge in [-0.05, 0) is 13.0 Å². The molecule has 0 saturated heterocycles. The van der Waals surface area contributed by atoms with E-state index >= 15 is 0 Å². The van der Waals surface area contributed by atoms with E-state index in [0.29, 0.717) is 5.69 Å². The van der Waals surface area contributed by atoms with E-state index in [1.54, 1.807) is 0 Å². The average Bonchev–Trinajstić information content (AvgIpc) is 2.28. The summed E-state index contributed by atoms with van der Waals surface area (Å²) in [5, 5.41) is 7.94. The number of nitrogens with zero attached hydrogens (tertiary/aromatic N) is 3. The van der Waals surface area contributed by atoms with Gasteiger partial charge in [-0.1, -0.05) is 0 Å². The third-order valence-electron chi connectivity index (χ3n) is 1.88. The van der Waals surface area contributed by atoms with Crippen molar-refractivity contribution in [3.63, 3.8) is 0 Å². The van der Waals surface area contributed by atoms with Gasteiger partial charge < -0.3 is 10.3 Å². The molecular formula is C8H10N4. The number of aryl methyl sites for hydroxylation is 2. The molecule has 0 aliphatic carbocycles. The molecule has 2 heterocycles. The Labute approximate surface area is 70.0 Å². The molecule has 4 nitrogen and oxygen atoms in total. The highest BCUT2D eigenvalue weighted by atomic mass is 15.1. The normalized spacial score (nSPS) is 10.8. The van der Waals surface area contributed by atoms with Crippen LogP contribution >= 0.6 is 0 Å². The van der Waals surface area contributed by atoms with Gasteiger partial charge in [-0.2, -0.15) is 5.10 Å². The maximum Gasteiger partial charge on any atom is 0.134 e. The molecule has 4 heteroatoms. The summed E-state index contributed by atoms with van der Waals surface area (Å²) in [6.45, 7) is 1.91. The van der Waals surface area contributed by atoms with Crippen LogP contribution < -0.4 is 5.73 Å². The minimum atomic E-state index is 0.681. The summed E-state index contributed by atoms with van der Waals surface area (Å²) in [5.74, 6) is 0. The number of nitrogens with two attached hydrogens (primary N) is 1. The highest BCUT2D eigenvalue weighted by molar-refractivity contribution is 5.87. The minimum Gasteiger partial charge on any atom is -0.396 e. The van der Waals surface area contributed by atoms with Crippen molar-refractivity contribution in [1.82, 2.24) is 14.8 Å². The Kier molecular flexibility index (Phi) is 1.30. The van der Waals surface area contributed by atoms with Crippen molar-refractivity contribution < 1.29 is 0 Å². The molecule has 0 saturated carbocycles. The Hall–Kier alpha value is -1.58. The van der Waals surface area contributed by atoms with Gasteiger partial charge in [-0.15, -0.1) is 5.10 Å². The summed E-state index contributed by atoms with van der Waals surface area (Å²) < 4.78 is 1.95. The molecule has 2 rings (SSSR count). The van der Waals surface area contributed by atoms with Gasteiger partial charge in [0.05, 0.1) is 16.9 Å². The molecule has 12 heavy (non-hydrogen) atoms. The molecular weight excluding hydrogens is 152 g/mol. The Morgan fingerprint density at radius 3 is 2.92 bits per heavy atom. The highest BCUT2D eigenvalue weighted by Gasteiger charge is 2.04. The van der Waals surface area contributed by atoms with E-state index in [-0.39, 0.29) is 0 Å². The maximum absolute atomic E-state index is 5.70. The van der Waals surface area contributed by atoms with Crippen molar-refractivity contribution in [3.05, 3.63) is 18.0 Å². The molecule has 0 aromatic carbocycles. The fourth-order valence-electron chi connectivity index (χ4n) is 1.29. The Balaban J connectivity index is 2.90. The summed E-state index contributed by atoms with van der Waals surface area (Å²) >= 11 is 0. The summed E-state index contributed by atoms with van der Waals surface area (Å²) in [4.78, 5) is 0. The van der Waals surface area contributed by atoms with Gasteiger partial charge in [-0.3, -0.25) is 0 Å². The molecule has 2 aromatic rings. The molecule has 0 spiro atoms. The van der Waals surface area contributed by atoms with Gasteiger partial charge in [0.25, 0.3) is 0 Å². The Morgan fingerprint density at radius 2 is 2.17 bits per heavy atom. The first-order valence-corrected chi connectivity index (χ1v) is 3.73. The van der Waals surface area contributed by atoms with Crippen molar-refractivity contribution in [2.75, 3.05) is 5.73 Å². The standard InChI is InChI=1S/C8H10N4/c1-5-3-7-8(11-10-5)6(9)4-12(7)2/h3-4H,9H2,1-2H3. The van der Waals surface area contributed by atoms with Gasteiger partial charge in [0.2, 0.25) is 0 Å². The first-order valence-electron chi connectivity index (χ1n) is 3.73. The van der Waals surface area contributed by atoms with Gasteiger partial charge >= 0.3 is 0 Å². The van der Waals surface area contributed by atoms with E-state index < -0.39 is 0 Å². The van der Waals surface area contributed by atoms with Crippen LogP contribution in [0.3, 0.4) is 0 Å². The smallest absolute Gasteiger partial charge is 0.134 e. The Bertz CT molecular complexity index is 430. The average molecular weight is 162 g/mol. The summed E-state index contributed by atoms with van der Waals surface area (Å²) in [5.41, 5.74) is 9.10. The van der Waals surface area contributed by atoms with Crippen LogP contribution in [-0.2, 0) is 7.05 Å². The lowest BCUT2D eigenvalue weighted by Gasteiger charge is -1.94. The zero-order valence-electron chi connectivity index (χ0n) is 7.07. The maximum atomic E-state index is 5.70. The molecule has 0 radical (unpaired) electrons. The second-order valence-electron chi connectivity index (χ2n) is 2.91. The fourth-order valence-corrected chi connectivity index (χ4v) is 1.29. The summed E-state index contributed by atoms with van der Waals surface area (Å²) in [7, 11) is 1.94. The largest absolute Gasteiger partial charge is 0.396 e. The van der Waals surface area contributed by atoms with Crippen LogP contribution in [0.15, 0.2) is 12.3 Å². The highest BCUT2D eigenvalue weighted by Crippen LogP contribution is 2.19. The van der Waals surface area contributed by atoms with Gasteiger partial charge in [-0.25, -0.2) is 0 Å². The molecule has 0 fully saturated rings. The second kappa shape index (κ2) is 2.20. The Morgan fingerprint density at radius 1 is 1.42 bits per heavy atom. The van der Waals surface area contributed by atoms with E-state index in [9.17, 15) is 0 Å². The van der Waals surface area contributed by atoms with Gasteiger partial charge in [0.15, 0.2) is 0 Å². The van der Waals surface area contributed by atoms with Crippen LogP contribution in [0.1, 0.15) is 5.69 Å². The SMILES string of the molecule is Cc1cc2c(nn1)c(N)cn2C. The van der Waals surface area contributed by atoms with Crippen molar-refractivity contribution in [3.8, 4) is 0 Å². The number of anilines is 1. The molecule has 0 unspecified atom stereocenters. The number of rotatable bonds is 0. The molecule has 2 N–H and O–H groups in total. The topological polar surface area (TPSA) is 56.7 Å². The molecule has 0 bridgehead atoms. The molecule has 62 valence electrons. The van der Waals surface area contributed by atoms with Crippen LogP contribution in [0, 0.1) is 6.92 Å².